The number of nitrogens with two attached hydrogens (primary N) is 1. The summed E-state index contributed by atoms with van der Waals surface area (Å²) in [6, 6.07) is 5.76. The third-order valence-electron chi connectivity index (χ3n) is 4.53. The maximum absolute atomic E-state index is 12.6. The Balaban J connectivity index is 2.20. The first kappa shape index (κ1) is 23.6. The Labute approximate surface area is 179 Å². The zero-order valence-electron chi connectivity index (χ0n) is 17.1. The quantitative estimate of drug-likeness (QED) is 0.355. The molecule has 1 aromatic carbocycles. The van der Waals surface area contributed by atoms with Crippen LogP contribution in [0.2, 0.25) is 0 Å². The van der Waals surface area contributed by atoms with E-state index >= 15 is 0 Å². The van der Waals surface area contributed by atoms with E-state index in [9.17, 15) is 24.3 Å². The van der Waals surface area contributed by atoms with Crippen molar-refractivity contribution in [2.75, 3.05) is 13.1 Å². The molecule has 0 spiro atoms. The van der Waals surface area contributed by atoms with Crippen LogP contribution >= 0.6 is 0 Å². The molecule has 10 nitrogen and oxygen atoms in total. The van der Waals surface area contributed by atoms with Crippen LogP contribution in [0.1, 0.15) is 22.3 Å². The summed E-state index contributed by atoms with van der Waals surface area (Å²) in [6.45, 7) is 5.12. The van der Waals surface area contributed by atoms with Crippen LogP contribution in [0, 0.1) is 6.92 Å². The second-order valence-electron chi connectivity index (χ2n) is 7.01. The van der Waals surface area contributed by atoms with Crippen molar-refractivity contribution < 1.29 is 29.0 Å². The molecule has 31 heavy (non-hydrogen) atoms. The van der Waals surface area contributed by atoms with E-state index < -0.39 is 42.1 Å². The molecule has 1 aromatic rings. The third-order valence-corrected chi connectivity index (χ3v) is 4.53. The summed E-state index contributed by atoms with van der Waals surface area (Å²) < 4.78 is 5.23. The zero-order chi connectivity index (χ0) is 23.0. The first-order chi connectivity index (χ1) is 14.7. The van der Waals surface area contributed by atoms with Crippen LogP contribution in [-0.4, -0.2) is 60.3 Å². The molecule has 4 amide bonds. The number of benzene rings is 1. The van der Waals surface area contributed by atoms with Crippen molar-refractivity contribution in [1.82, 2.24) is 16.0 Å². The van der Waals surface area contributed by atoms with E-state index in [0.717, 1.165) is 5.56 Å². The Bertz CT molecular complexity index is 880. The van der Waals surface area contributed by atoms with Crippen LogP contribution in [0.3, 0.4) is 0 Å². The number of aliphatic hydroxyl groups is 1. The molecule has 10 heteroatoms. The van der Waals surface area contributed by atoms with Crippen molar-refractivity contribution in [3.8, 4) is 0 Å². The lowest BCUT2D eigenvalue weighted by atomic mass is 9.89. The number of alkyl carbamates (subject to hydrolysis) is 1. The van der Waals surface area contributed by atoms with Crippen molar-refractivity contribution >= 4 is 23.8 Å². The molecule has 3 atom stereocenters. The summed E-state index contributed by atoms with van der Waals surface area (Å²) in [5.41, 5.74) is 6.50. The number of carbonyl (C=O) groups excluding carboxylic acids is 4. The van der Waals surface area contributed by atoms with Crippen LogP contribution < -0.4 is 21.7 Å². The number of hydrogen-bond donors (Lipinski definition) is 5. The number of hydrogen-bond acceptors (Lipinski definition) is 6. The monoisotopic (exact) mass is 430 g/mol. The van der Waals surface area contributed by atoms with Crippen molar-refractivity contribution in [2.24, 2.45) is 5.73 Å². The van der Waals surface area contributed by atoms with E-state index in [1.165, 1.54) is 12.2 Å². The van der Waals surface area contributed by atoms with E-state index in [1.807, 2.05) is 6.92 Å². The molecule has 0 fully saturated rings. The van der Waals surface area contributed by atoms with Gasteiger partial charge in [-0.05, 0) is 19.1 Å². The van der Waals surface area contributed by atoms with Gasteiger partial charge in [-0.15, -0.1) is 6.58 Å². The Hall–Kier alpha value is -3.66. The highest BCUT2D eigenvalue weighted by atomic mass is 16.6. The number of primary amides is 1. The average molecular weight is 430 g/mol. The van der Waals surface area contributed by atoms with Gasteiger partial charge in [0.2, 0.25) is 11.8 Å². The van der Waals surface area contributed by atoms with Gasteiger partial charge in [-0.3, -0.25) is 14.4 Å². The maximum atomic E-state index is 12.6. The largest absolute Gasteiger partial charge is 0.443 e. The van der Waals surface area contributed by atoms with Crippen LogP contribution in [0.4, 0.5) is 4.79 Å². The second kappa shape index (κ2) is 10.9. The summed E-state index contributed by atoms with van der Waals surface area (Å²) in [7, 11) is 0. The van der Waals surface area contributed by atoms with Crippen LogP contribution in [0.15, 0.2) is 48.6 Å². The molecule has 6 N–H and O–H groups in total. The van der Waals surface area contributed by atoms with Gasteiger partial charge in [-0.2, -0.15) is 0 Å². The van der Waals surface area contributed by atoms with Crippen molar-refractivity contribution in [3.05, 3.63) is 59.7 Å². The minimum absolute atomic E-state index is 0.121. The van der Waals surface area contributed by atoms with Gasteiger partial charge in [0.1, 0.15) is 12.2 Å². The molecule has 0 saturated heterocycles. The van der Waals surface area contributed by atoms with Crippen molar-refractivity contribution in [3.63, 3.8) is 0 Å². The molecule has 0 heterocycles. The number of aryl methyl sites for hydroxylation is 1. The first-order valence-corrected chi connectivity index (χ1v) is 9.59. The number of amides is 4. The standard InChI is InChI=1S/C21H26N4O6/c1-3-8-23-21(30)31-16-10-14(19(28)24-11-17(22)26)9-15(18(16)27)25-20(29)13-6-4-12(2)5-7-13/h3-7,9,15-16,18,27H,1,8,10-11H2,2H3,(H2,22,26)(H,23,30)(H,24,28)(H,25,29)/t15-,16+,18+/m0/s1. The molecule has 166 valence electrons. The van der Waals surface area contributed by atoms with E-state index in [2.05, 4.69) is 22.5 Å². The second-order valence-corrected chi connectivity index (χ2v) is 7.01. The molecule has 0 aromatic heterocycles. The summed E-state index contributed by atoms with van der Waals surface area (Å²) in [5.74, 6) is -1.83. The summed E-state index contributed by atoms with van der Waals surface area (Å²) in [5, 5.41) is 18.1. The molecule has 0 saturated carbocycles. The topological polar surface area (TPSA) is 160 Å². The smallest absolute Gasteiger partial charge is 0.407 e. The van der Waals surface area contributed by atoms with Gasteiger partial charge in [0.15, 0.2) is 0 Å². The normalized spacial score (nSPS) is 20.1. The van der Waals surface area contributed by atoms with E-state index in [0.29, 0.717) is 5.56 Å². The van der Waals surface area contributed by atoms with Gasteiger partial charge < -0.3 is 31.5 Å². The van der Waals surface area contributed by atoms with Crippen molar-refractivity contribution in [1.29, 1.82) is 0 Å². The van der Waals surface area contributed by atoms with Gasteiger partial charge >= 0.3 is 6.09 Å². The number of carbonyl (C=O) groups is 4. The fourth-order valence-corrected chi connectivity index (χ4v) is 2.91. The lowest BCUT2D eigenvalue weighted by molar-refractivity contribution is -0.123. The van der Waals surface area contributed by atoms with E-state index in [4.69, 9.17) is 10.5 Å². The predicted molar refractivity (Wildman–Crippen MR) is 112 cm³/mol. The fourth-order valence-electron chi connectivity index (χ4n) is 2.91. The van der Waals surface area contributed by atoms with Crippen molar-refractivity contribution in [2.45, 2.75) is 31.6 Å². The molecular formula is C21H26N4O6. The van der Waals surface area contributed by atoms with E-state index in [-0.39, 0.29) is 25.1 Å². The summed E-state index contributed by atoms with van der Waals surface area (Å²) in [6.07, 6.45) is -0.541. The van der Waals surface area contributed by atoms with Gasteiger partial charge in [0.05, 0.1) is 12.6 Å². The lowest BCUT2D eigenvalue weighted by Gasteiger charge is -2.33. The highest BCUT2D eigenvalue weighted by molar-refractivity contribution is 5.97. The molecule has 0 radical (unpaired) electrons. The Morgan fingerprint density at radius 1 is 1.19 bits per heavy atom. The number of ether oxygens (including phenoxy) is 1. The lowest BCUT2D eigenvalue weighted by Crippen LogP contribution is -2.53. The number of aliphatic hydroxyl groups excluding tert-OH is 1. The average Bonchev–Trinajstić information content (AvgIpc) is 2.73. The predicted octanol–water partition coefficient (Wildman–Crippen LogP) is -0.333. The van der Waals surface area contributed by atoms with Gasteiger partial charge in [0.25, 0.3) is 5.91 Å². The minimum Gasteiger partial charge on any atom is -0.443 e. The molecular weight excluding hydrogens is 404 g/mol. The number of rotatable bonds is 8. The SMILES string of the molecule is C=CCNC(=O)O[C@@H]1CC(C(=O)NCC(N)=O)=C[C@H](NC(=O)c2ccc(C)cc2)[C@H]1O. The fraction of sp³-hybridized carbons (Fsp3) is 0.333. The Morgan fingerprint density at radius 2 is 1.87 bits per heavy atom. The van der Waals surface area contributed by atoms with Gasteiger partial charge in [0, 0.05) is 24.1 Å². The first-order valence-electron chi connectivity index (χ1n) is 9.59. The third kappa shape index (κ3) is 6.96. The summed E-state index contributed by atoms with van der Waals surface area (Å²) in [4.78, 5) is 47.9. The Kier molecular flexibility index (Phi) is 8.33. The van der Waals surface area contributed by atoms with Crippen LogP contribution in [-0.2, 0) is 14.3 Å². The van der Waals surface area contributed by atoms with E-state index in [1.54, 1.807) is 24.3 Å². The van der Waals surface area contributed by atoms with Crippen LogP contribution in [0.5, 0.6) is 0 Å². The molecule has 0 aliphatic heterocycles. The Morgan fingerprint density at radius 3 is 2.48 bits per heavy atom. The highest BCUT2D eigenvalue weighted by Gasteiger charge is 2.37. The van der Waals surface area contributed by atoms with Crippen LogP contribution in [0.25, 0.3) is 0 Å². The zero-order valence-corrected chi connectivity index (χ0v) is 17.1. The molecule has 0 bridgehead atoms. The molecule has 1 aliphatic carbocycles. The van der Waals surface area contributed by atoms with Gasteiger partial charge in [-0.1, -0.05) is 29.8 Å². The summed E-state index contributed by atoms with van der Waals surface area (Å²) >= 11 is 0. The molecule has 2 rings (SSSR count). The number of nitrogens with one attached hydrogen (secondary N) is 3. The minimum atomic E-state index is -1.31. The highest BCUT2D eigenvalue weighted by Crippen LogP contribution is 2.23. The molecule has 1 aliphatic rings. The van der Waals surface area contributed by atoms with Gasteiger partial charge in [-0.25, -0.2) is 4.79 Å². The molecule has 0 unspecified atom stereocenters. The maximum Gasteiger partial charge on any atom is 0.407 e.